The van der Waals surface area contributed by atoms with Crippen molar-refractivity contribution in [1.29, 1.82) is 0 Å². The van der Waals surface area contributed by atoms with Gasteiger partial charge in [-0.05, 0) is 32.9 Å². The quantitative estimate of drug-likeness (QED) is 0.382. The molecule has 5 nitrogen and oxygen atoms in total. The number of nitrogens with one attached hydrogen (secondary N) is 1. The van der Waals surface area contributed by atoms with Crippen molar-refractivity contribution in [3.63, 3.8) is 0 Å². The van der Waals surface area contributed by atoms with Gasteiger partial charge >= 0.3 is 6.09 Å². The fourth-order valence-electron chi connectivity index (χ4n) is 2.37. The molecule has 3 aromatic rings. The second-order valence-corrected chi connectivity index (χ2v) is 6.85. The molecule has 132 valence electrons. The minimum absolute atomic E-state index is 0.612. The summed E-state index contributed by atoms with van der Waals surface area (Å²) in [6.07, 6.45) is -0.626. The van der Waals surface area contributed by atoms with E-state index in [-0.39, 0.29) is 0 Å². The van der Waals surface area contributed by atoms with Crippen LogP contribution in [0, 0.1) is 13.8 Å². The van der Waals surface area contributed by atoms with Crippen molar-refractivity contribution >= 4 is 28.8 Å². The highest BCUT2D eigenvalue weighted by Gasteiger charge is 2.13. The van der Waals surface area contributed by atoms with Gasteiger partial charge in [-0.1, -0.05) is 53.2 Å². The van der Waals surface area contributed by atoms with Gasteiger partial charge in [0.1, 0.15) is 5.01 Å². The largest absolute Gasteiger partial charge is 0.437 e. The SMILES string of the molecule is C/C(=N/OC(=O)Nc1ccc(C)cc1)c1sc(-c2ccccc2)nc1C. The molecular weight excluding hydrogens is 346 g/mol. The lowest BCUT2D eigenvalue weighted by molar-refractivity contribution is 0.166. The van der Waals surface area contributed by atoms with Gasteiger partial charge in [-0.15, -0.1) is 11.3 Å². The number of oxime groups is 1. The van der Waals surface area contributed by atoms with Crippen molar-refractivity contribution in [3.05, 3.63) is 70.7 Å². The number of aromatic nitrogens is 1. The van der Waals surface area contributed by atoms with E-state index in [1.165, 1.54) is 11.3 Å². The third-order valence-corrected chi connectivity index (χ3v) is 5.02. The van der Waals surface area contributed by atoms with Gasteiger partial charge in [-0.3, -0.25) is 10.2 Å². The maximum absolute atomic E-state index is 11.9. The number of hydrogen-bond donors (Lipinski definition) is 1. The van der Waals surface area contributed by atoms with Gasteiger partial charge in [0.2, 0.25) is 0 Å². The Labute approximate surface area is 156 Å². The second-order valence-electron chi connectivity index (χ2n) is 5.85. The number of anilines is 1. The molecule has 0 aliphatic rings. The highest BCUT2D eigenvalue weighted by molar-refractivity contribution is 7.17. The van der Waals surface area contributed by atoms with Gasteiger partial charge in [0.05, 0.1) is 16.3 Å². The molecule has 1 heterocycles. The van der Waals surface area contributed by atoms with E-state index in [1.54, 1.807) is 6.92 Å². The summed E-state index contributed by atoms with van der Waals surface area (Å²) in [6.45, 7) is 5.70. The molecule has 0 radical (unpaired) electrons. The Kier molecular flexibility index (Phi) is 5.43. The highest BCUT2D eigenvalue weighted by atomic mass is 32.1. The molecule has 1 amide bonds. The number of benzene rings is 2. The van der Waals surface area contributed by atoms with Crippen LogP contribution >= 0.6 is 11.3 Å². The maximum Gasteiger partial charge on any atom is 0.437 e. The van der Waals surface area contributed by atoms with Crippen molar-refractivity contribution in [2.45, 2.75) is 20.8 Å². The van der Waals surface area contributed by atoms with Gasteiger partial charge in [0.25, 0.3) is 0 Å². The first-order chi connectivity index (χ1) is 12.5. The van der Waals surface area contributed by atoms with E-state index in [9.17, 15) is 4.79 Å². The van der Waals surface area contributed by atoms with Crippen molar-refractivity contribution < 1.29 is 9.63 Å². The normalized spacial score (nSPS) is 11.3. The third-order valence-electron chi connectivity index (χ3n) is 3.71. The smallest absolute Gasteiger partial charge is 0.297 e. The number of carbonyl (C=O) groups is 1. The van der Waals surface area contributed by atoms with E-state index < -0.39 is 6.09 Å². The molecule has 0 bridgehead atoms. The van der Waals surface area contributed by atoms with Crippen molar-refractivity contribution in [3.8, 4) is 10.6 Å². The average molecular weight is 365 g/mol. The summed E-state index contributed by atoms with van der Waals surface area (Å²) in [5, 5.41) is 7.51. The van der Waals surface area contributed by atoms with Crippen LogP contribution in [0.3, 0.4) is 0 Å². The Balaban J connectivity index is 1.68. The summed E-state index contributed by atoms with van der Waals surface area (Å²) < 4.78 is 0. The first-order valence-corrected chi connectivity index (χ1v) is 8.97. The second kappa shape index (κ2) is 7.93. The Morgan fingerprint density at radius 3 is 2.46 bits per heavy atom. The predicted octanol–water partition coefficient (Wildman–Crippen LogP) is 5.40. The van der Waals surface area contributed by atoms with E-state index in [4.69, 9.17) is 4.84 Å². The van der Waals surface area contributed by atoms with Crippen LogP contribution in [0.1, 0.15) is 23.1 Å². The van der Waals surface area contributed by atoms with E-state index in [1.807, 2.05) is 68.4 Å². The summed E-state index contributed by atoms with van der Waals surface area (Å²) >= 11 is 1.52. The summed E-state index contributed by atoms with van der Waals surface area (Å²) in [4.78, 5) is 22.4. The molecule has 1 aromatic heterocycles. The van der Waals surface area contributed by atoms with Crippen LogP contribution < -0.4 is 5.32 Å². The van der Waals surface area contributed by atoms with Gasteiger partial charge in [-0.2, -0.15) is 0 Å². The van der Waals surface area contributed by atoms with E-state index in [0.717, 1.165) is 26.7 Å². The average Bonchev–Trinajstić information content (AvgIpc) is 3.04. The Hall–Kier alpha value is -2.99. The topological polar surface area (TPSA) is 63.6 Å². The molecule has 3 rings (SSSR count). The minimum Gasteiger partial charge on any atom is -0.297 e. The highest BCUT2D eigenvalue weighted by Crippen LogP contribution is 2.28. The monoisotopic (exact) mass is 365 g/mol. The Morgan fingerprint density at radius 2 is 1.77 bits per heavy atom. The van der Waals surface area contributed by atoms with Crippen molar-refractivity contribution in [2.24, 2.45) is 5.16 Å². The number of nitrogens with zero attached hydrogens (tertiary/aromatic N) is 2. The molecule has 26 heavy (non-hydrogen) atoms. The zero-order valence-corrected chi connectivity index (χ0v) is 15.6. The van der Waals surface area contributed by atoms with Crippen molar-refractivity contribution in [2.75, 3.05) is 5.32 Å². The summed E-state index contributed by atoms with van der Waals surface area (Å²) in [5.41, 5.74) is 4.30. The summed E-state index contributed by atoms with van der Waals surface area (Å²) in [7, 11) is 0. The molecule has 0 saturated heterocycles. The maximum atomic E-state index is 11.9. The number of rotatable bonds is 4. The van der Waals surface area contributed by atoms with E-state index in [2.05, 4.69) is 15.5 Å². The molecule has 0 atom stereocenters. The number of hydrogen-bond acceptors (Lipinski definition) is 5. The van der Waals surface area contributed by atoms with Crippen molar-refractivity contribution in [1.82, 2.24) is 4.98 Å². The lowest BCUT2D eigenvalue weighted by atomic mass is 10.2. The Morgan fingerprint density at radius 1 is 1.08 bits per heavy atom. The lowest BCUT2D eigenvalue weighted by Gasteiger charge is -2.03. The summed E-state index contributed by atoms with van der Waals surface area (Å²) in [6, 6.07) is 17.4. The molecule has 6 heteroatoms. The van der Waals surface area contributed by atoms with Crippen LogP contribution in [0.2, 0.25) is 0 Å². The van der Waals surface area contributed by atoms with E-state index in [0.29, 0.717) is 11.4 Å². The Bertz CT molecular complexity index is 931. The van der Waals surface area contributed by atoms with Gasteiger partial charge in [-0.25, -0.2) is 9.78 Å². The van der Waals surface area contributed by atoms with Gasteiger partial charge in [0, 0.05) is 11.3 Å². The fraction of sp³-hybridized carbons (Fsp3) is 0.150. The minimum atomic E-state index is -0.626. The number of carbonyl (C=O) groups excluding carboxylic acids is 1. The van der Waals surface area contributed by atoms with Crippen LogP contribution in [0.15, 0.2) is 59.8 Å². The fourth-order valence-corrected chi connectivity index (χ4v) is 3.37. The molecule has 0 spiro atoms. The van der Waals surface area contributed by atoms with Crippen LogP contribution in [-0.2, 0) is 4.84 Å². The van der Waals surface area contributed by atoms with Gasteiger partial charge in [0.15, 0.2) is 0 Å². The predicted molar refractivity (Wildman–Crippen MR) is 106 cm³/mol. The van der Waals surface area contributed by atoms with Gasteiger partial charge < -0.3 is 0 Å². The molecule has 1 N–H and O–H groups in total. The molecule has 0 saturated carbocycles. The molecule has 2 aromatic carbocycles. The standard InChI is InChI=1S/C20H19N3O2S/c1-13-9-11-17(12-10-13)22-20(24)25-23-15(3)18-14(2)21-19(26-18)16-7-5-4-6-8-16/h4-12H,1-3H3,(H,22,24)/b23-15-. The lowest BCUT2D eigenvalue weighted by Crippen LogP contribution is -2.11. The molecular formula is C20H19N3O2S. The number of thiazole rings is 1. The zero-order chi connectivity index (χ0) is 18.5. The number of amides is 1. The summed E-state index contributed by atoms with van der Waals surface area (Å²) in [5.74, 6) is 0. The molecule has 0 aliphatic carbocycles. The zero-order valence-electron chi connectivity index (χ0n) is 14.8. The van der Waals surface area contributed by atoms with Crippen LogP contribution in [0.5, 0.6) is 0 Å². The first kappa shape index (κ1) is 17.8. The van der Waals surface area contributed by atoms with Crippen LogP contribution in [0.4, 0.5) is 10.5 Å². The first-order valence-electron chi connectivity index (χ1n) is 8.15. The third kappa shape index (κ3) is 4.34. The molecule has 0 fully saturated rings. The molecule has 0 aliphatic heterocycles. The van der Waals surface area contributed by atoms with Crippen LogP contribution in [-0.4, -0.2) is 16.8 Å². The number of aryl methyl sites for hydroxylation is 2. The van der Waals surface area contributed by atoms with E-state index >= 15 is 0 Å². The molecule has 0 unspecified atom stereocenters. The van der Waals surface area contributed by atoms with Crippen LogP contribution in [0.25, 0.3) is 10.6 Å².